The normalized spacial score (nSPS) is 13.7. The summed E-state index contributed by atoms with van der Waals surface area (Å²) in [6.07, 6.45) is 73.5. The second kappa shape index (κ2) is 62.4. The maximum Gasteiger partial charge on any atom is 0.0110 e. The molecule has 0 aromatic rings. The van der Waals surface area contributed by atoms with Gasteiger partial charge in [0, 0.05) is 65.4 Å². The Morgan fingerprint density at radius 1 is 0.171 bits per heavy atom. The molecule has 1 aliphatic heterocycles. The van der Waals surface area contributed by atoms with Gasteiger partial charge < -0.3 is 14.7 Å². The molecular weight excluding hydrogens is 923 g/mol. The molecule has 76 heavy (non-hydrogen) atoms. The van der Waals surface area contributed by atoms with Gasteiger partial charge in [0.05, 0.1) is 0 Å². The van der Waals surface area contributed by atoms with Crippen molar-refractivity contribution in [2.75, 3.05) is 98.2 Å². The Hall–Kier alpha value is -0.200. The van der Waals surface area contributed by atoms with Crippen LogP contribution in [-0.4, -0.2) is 123 Å². The van der Waals surface area contributed by atoms with E-state index in [-0.39, 0.29) is 0 Å². The van der Waals surface area contributed by atoms with Gasteiger partial charge in [-0.3, -0.25) is 9.80 Å². The smallest absolute Gasteiger partial charge is 0.0110 e. The fourth-order valence-corrected chi connectivity index (χ4v) is 12.4. The Morgan fingerprint density at radius 2 is 0.316 bits per heavy atom. The average molecular weight is 1070 g/mol. The molecule has 456 valence electrons. The van der Waals surface area contributed by atoms with Crippen molar-refractivity contribution in [1.29, 1.82) is 0 Å². The van der Waals surface area contributed by atoms with Crippen LogP contribution in [0.3, 0.4) is 0 Å². The van der Waals surface area contributed by atoms with Gasteiger partial charge in [0.25, 0.3) is 0 Å². The second-order valence-electron chi connectivity index (χ2n) is 25.5. The van der Waals surface area contributed by atoms with Crippen LogP contribution >= 0.6 is 0 Å². The molecule has 5 heteroatoms. The summed E-state index contributed by atoms with van der Waals surface area (Å²) < 4.78 is 0. The van der Waals surface area contributed by atoms with E-state index < -0.39 is 0 Å². The highest BCUT2D eigenvalue weighted by Gasteiger charge is 2.19. The van der Waals surface area contributed by atoms with Crippen LogP contribution in [-0.2, 0) is 0 Å². The van der Waals surface area contributed by atoms with Gasteiger partial charge in [-0.2, -0.15) is 0 Å². The minimum atomic E-state index is 1.27. The monoisotopic (exact) mass is 1070 g/mol. The van der Waals surface area contributed by atoms with Crippen molar-refractivity contribution in [1.82, 2.24) is 24.5 Å². The molecule has 1 aliphatic rings. The summed E-state index contributed by atoms with van der Waals surface area (Å²) in [5.74, 6) is 0. The highest BCUT2D eigenvalue weighted by atomic mass is 15.3. The minimum Gasteiger partial charge on any atom is -0.302 e. The van der Waals surface area contributed by atoms with Crippen molar-refractivity contribution in [2.24, 2.45) is 0 Å². The zero-order chi connectivity index (χ0) is 54.6. The van der Waals surface area contributed by atoms with Gasteiger partial charge in [-0.1, -0.05) is 330 Å². The molecule has 1 fully saturated rings. The maximum atomic E-state index is 2.93. The Balaban J connectivity index is 2.72. The molecule has 0 saturated carbocycles. The predicted molar refractivity (Wildman–Crippen MR) is 346 cm³/mol. The van der Waals surface area contributed by atoms with Crippen LogP contribution in [0.5, 0.6) is 0 Å². The van der Waals surface area contributed by atoms with Gasteiger partial charge in [-0.25, -0.2) is 0 Å². The van der Waals surface area contributed by atoms with Crippen molar-refractivity contribution in [3.8, 4) is 0 Å². The highest BCUT2D eigenvalue weighted by Crippen LogP contribution is 2.17. The largest absolute Gasteiger partial charge is 0.302 e. The molecule has 0 aromatic heterocycles. The third-order valence-electron chi connectivity index (χ3n) is 18.1. The van der Waals surface area contributed by atoms with Crippen LogP contribution < -0.4 is 0 Å². The van der Waals surface area contributed by atoms with E-state index >= 15 is 0 Å². The number of hydrogen-bond donors (Lipinski definition) is 0. The van der Waals surface area contributed by atoms with Gasteiger partial charge >= 0.3 is 0 Å². The molecule has 1 rings (SSSR count). The molecule has 0 bridgehead atoms. The Morgan fingerprint density at radius 3 is 0.500 bits per heavy atom. The van der Waals surface area contributed by atoms with E-state index in [1.165, 1.54) is 426 Å². The summed E-state index contributed by atoms with van der Waals surface area (Å²) in [5, 5.41) is 0. The molecule has 0 radical (unpaired) electrons. The molecular formula is C71H147N5. The number of piperazine rings is 1. The molecule has 1 saturated heterocycles. The SMILES string of the molecule is CCCCCCCCCCCCCN(CCCCCCCCCCCC)CCN(CCCCCCCCCCCC)CCN1CCN(CCN(CCCCCCCCCCCC)CCCCCCCCCCCC)CC1. The van der Waals surface area contributed by atoms with E-state index in [2.05, 4.69) is 59.1 Å². The van der Waals surface area contributed by atoms with E-state index in [0.29, 0.717) is 0 Å². The average Bonchev–Trinajstić information content (AvgIpc) is 3.43. The molecule has 5 nitrogen and oxygen atoms in total. The summed E-state index contributed by atoms with van der Waals surface area (Å²) in [6.45, 7) is 31.1. The third-order valence-corrected chi connectivity index (χ3v) is 18.1. The van der Waals surface area contributed by atoms with E-state index in [4.69, 9.17) is 0 Å². The number of rotatable bonds is 65. The fourth-order valence-electron chi connectivity index (χ4n) is 12.4. The summed E-state index contributed by atoms with van der Waals surface area (Å²) in [7, 11) is 0. The van der Waals surface area contributed by atoms with Crippen LogP contribution in [0.4, 0.5) is 0 Å². The Bertz CT molecular complexity index is 1020. The Labute approximate surface area is 482 Å². The van der Waals surface area contributed by atoms with Crippen LogP contribution in [0.1, 0.15) is 362 Å². The summed E-state index contributed by atoms with van der Waals surface area (Å²) in [6, 6.07) is 0. The number of hydrogen-bond acceptors (Lipinski definition) is 5. The lowest BCUT2D eigenvalue weighted by molar-refractivity contribution is 0.104. The zero-order valence-electron chi connectivity index (χ0n) is 53.9. The third kappa shape index (κ3) is 53.1. The first-order valence-corrected chi connectivity index (χ1v) is 36.3. The quantitative estimate of drug-likeness (QED) is 0.0563. The summed E-state index contributed by atoms with van der Waals surface area (Å²) in [4.78, 5) is 14.4. The molecule has 0 spiro atoms. The first-order chi connectivity index (χ1) is 37.7. The summed E-state index contributed by atoms with van der Waals surface area (Å²) >= 11 is 0. The molecule has 1 heterocycles. The Kier molecular flexibility index (Phi) is 60.6. The lowest BCUT2D eigenvalue weighted by atomic mass is 10.1. The van der Waals surface area contributed by atoms with Crippen LogP contribution in [0, 0.1) is 0 Å². The van der Waals surface area contributed by atoms with Crippen LogP contribution in [0.2, 0.25) is 0 Å². The van der Waals surface area contributed by atoms with Crippen molar-refractivity contribution >= 4 is 0 Å². The molecule has 0 N–H and O–H groups in total. The van der Waals surface area contributed by atoms with Crippen molar-refractivity contribution in [3.05, 3.63) is 0 Å². The molecule has 0 atom stereocenters. The standard InChI is InChI=1S/C71H147N5/c1-6-11-16-21-26-31-36-41-45-50-53-58-72(57-52-47-42-37-32-27-22-17-12-7-2)62-64-74(61-56-51-46-40-35-30-25-20-15-10-5)65-67-76-70-68-75(69-71-76)66-63-73(59-54-48-43-38-33-28-23-18-13-8-3)60-55-49-44-39-34-29-24-19-14-9-4/h6-71H2,1-5H3. The van der Waals surface area contributed by atoms with Gasteiger partial charge in [-0.05, 0) is 64.8 Å². The molecule has 0 aromatic carbocycles. The second-order valence-corrected chi connectivity index (χ2v) is 25.5. The minimum absolute atomic E-state index is 1.27. The van der Waals surface area contributed by atoms with Gasteiger partial charge in [0.15, 0.2) is 0 Å². The van der Waals surface area contributed by atoms with Crippen molar-refractivity contribution in [3.63, 3.8) is 0 Å². The van der Waals surface area contributed by atoms with Crippen molar-refractivity contribution < 1.29 is 0 Å². The highest BCUT2D eigenvalue weighted by molar-refractivity contribution is 4.76. The lowest BCUT2D eigenvalue weighted by Crippen LogP contribution is -2.50. The van der Waals surface area contributed by atoms with E-state index in [9.17, 15) is 0 Å². The fraction of sp³-hybridized carbons (Fsp3) is 1.00. The van der Waals surface area contributed by atoms with Crippen LogP contribution in [0.25, 0.3) is 0 Å². The molecule has 0 aliphatic carbocycles. The topological polar surface area (TPSA) is 16.2 Å². The van der Waals surface area contributed by atoms with Gasteiger partial charge in [0.2, 0.25) is 0 Å². The first kappa shape index (κ1) is 73.8. The van der Waals surface area contributed by atoms with Crippen LogP contribution in [0.15, 0.2) is 0 Å². The van der Waals surface area contributed by atoms with E-state index in [0.717, 1.165) is 0 Å². The van der Waals surface area contributed by atoms with E-state index in [1.807, 2.05) is 0 Å². The number of nitrogens with zero attached hydrogens (tertiary/aromatic N) is 5. The molecule has 0 amide bonds. The first-order valence-electron chi connectivity index (χ1n) is 36.3. The maximum absolute atomic E-state index is 2.93. The zero-order valence-corrected chi connectivity index (χ0v) is 53.9. The van der Waals surface area contributed by atoms with Crippen molar-refractivity contribution in [2.45, 2.75) is 362 Å². The number of unbranched alkanes of at least 4 members (excludes halogenated alkanes) is 46. The predicted octanol–water partition coefficient (Wildman–Crippen LogP) is 21.5. The van der Waals surface area contributed by atoms with Gasteiger partial charge in [-0.15, -0.1) is 0 Å². The lowest BCUT2D eigenvalue weighted by Gasteiger charge is -2.37. The van der Waals surface area contributed by atoms with E-state index in [1.54, 1.807) is 0 Å². The van der Waals surface area contributed by atoms with Gasteiger partial charge in [0.1, 0.15) is 0 Å². The molecule has 0 unspecified atom stereocenters. The summed E-state index contributed by atoms with van der Waals surface area (Å²) in [5.41, 5.74) is 0.